The van der Waals surface area contributed by atoms with Gasteiger partial charge in [0.1, 0.15) is 0 Å². The molecule has 0 aromatic heterocycles. The van der Waals surface area contributed by atoms with Crippen LogP contribution < -0.4 is 5.73 Å². The molecule has 2 rings (SSSR count). The average Bonchev–Trinajstić information content (AvgIpc) is 2.53. The van der Waals surface area contributed by atoms with Crippen molar-refractivity contribution in [2.75, 3.05) is 13.2 Å². The van der Waals surface area contributed by atoms with Crippen LogP contribution in [-0.4, -0.2) is 24.0 Å². The number of rotatable bonds is 5. The van der Waals surface area contributed by atoms with Gasteiger partial charge in [0.05, 0.1) is 0 Å². The molecular formula is C17H25NO2. The molecule has 1 aromatic carbocycles. The molecule has 1 fully saturated rings. The normalized spacial score (nSPS) is 24.4. The number of aliphatic hydroxyl groups excluding tert-OH is 1. The minimum atomic E-state index is 0.124. The van der Waals surface area contributed by atoms with Crippen molar-refractivity contribution in [3.05, 3.63) is 35.4 Å². The summed E-state index contributed by atoms with van der Waals surface area (Å²) in [5.74, 6) is 1.16. The number of nitrogens with two attached hydrogens (primary N) is 1. The molecule has 3 nitrogen and oxygen atoms in total. The van der Waals surface area contributed by atoms with Gasteiger partial charge in [-0.3, -0.25) is 4.79 Å². The summed E-state index contributed by atoms with van der Waals surface area (Å²) in [7, 11) is 0. The van der Waals surface area contributed by atoms with E-state index in [2.05, 4.69) is 0 Å². The lowest BCUT2D eigenvalue weighted by molar-refractivity contribution is 0.0873. The Morgan fingerprint density at radius 3 is 2.35 bits per heavy atom. The number of carbonyl (C=O) groups excluding carboxylic acids is 1. The van der Waals surface area contributed by atoms with E-state index in [4.69, 9.17) is 10.8 Å². The molecule has 110 valence electrons. The number of benzene rings is 1. The minimum absolute atomic E-state index is 0.124. The molecule has 0 bridgehead atoms. The van der Waals surface area contributed by atoms with Crippen molar-refractivity contribution in [1.82, 2.24) is 0 Å². The Labute approximate surface area is 121 Å². The van der Waals surface area contributed by atoms with Crippen LogP contribution in [0.3, 0.4) is 0 Å². The summed E-state index contributed by atoms with van der Waals surface area (Å²) in [6.45, 7) is 2.86. The molecule has 1 saturated carbocycles. The summed E-state index contributed by atoms with van der Waals surface area (Å²) in [6.07, 6.45) is 4.09. The van der Waals surface area contributed by atoms with E-state index in [1.807, 2.05) is 31.2 Å². The molecule has 1 atom stereocenters. The molecule has 20 heavy (non-hydrogen) atoms. The van der Waals surface area contributed by atoms with Crippen molar-refractivity contribution in [1.29, 1.82) is 0 Å². The molecule has 0 saturated heterocycles. The summed E-state index contributed by atoms with van der Waals surface area (Å²) < 4.78 is 0. The molecule has 0 heterocycles. The zero-order chi connectivity index (χ0) is 14.5. The second kappa shape index (κ2) is 7.00. The molecule has 0 spiro atoms. The predicted octanol–water partition coefficient (Wildman–Crippen LogP) is 2.73. The highest BCUT2D eigenvalue weighted by Gasteiger charge is 2.26. The van der Waals surface area contributed by atoms with Gasteiger partial charge in [-0.15, -0.1) is 0 Å². The van der Waals surface area contributed by atoms with Crippen LogP contribution in [0.5, 0.6) is 0 Å². The fourth-order valence-electron chi connectivity index (χ4n) is 2.98. The Kier molecular flexibility index (Phi) is 5.32. The molecule has 1 aliphatic carbocycles. The Morgan fingerprint density at radius 2 is 1.85 bits per heavy atom. The lowest BCUT2D eigenvalue weighted by atomic mass is 9.78. The zero-order valence-corrected chi connectivity index (χ0v) is 12.2. The van der Waals surface area contributed by atoms with Crippen LogP contribution in [0.25, 0.3) is 0 Å². The second-order valence-electron chi connectivity index (χ2n) is 6.02. The fourth-order valence-corrected chi connectivity index (χ4v) is 2.98. The van der Waals surface area contributed by atoms with Crippen molar-refractivity contribution < 1.29 is 9.90 Å². The largest absolute Gasteiger partial charge is 0.396 e. The van der Waals surface area contributed by atoms with Gasteiger partial charge in [0.15, 0.2) is 5.78 Å². The van der Waals surface area contributed by atoms with Crippen LogP contribution in [-0.2, 0) is 0 Å². The summed E-state index contributed by atoms with van der Waals surface area (Å²) in [5, 5.41) is 9.14. The van der Waals surface area contributed by atoms with Crippen LogP contribution >= 0.6 is 0 Å². The highest BCUT2D eigenvalue weighted by Crippen LogP contribution is 2.30. The van der Waals surface area contributed by atoms with E-state index in [0.29, 0.717) is 5.92 Å². The third kappa shape index (κ3) is 3.47. The first kappa shape index (κ1) is 15.2. The van der Waals surface area contributed by atoms with E-state index < -0.39 is 0 Å². The first-order valence-electron chi connectivity index (χ1n) is 7.60. The molecule has 1 aromatic rings. The van der Waals surface area contributed by atoms with E-state index in [1.54, 1.807) is 0 Å². The van der Waals surface area contributed by atoms with Gasteiger partial charge in [-0.05, 0) is 43.7 Å². The lowest BCUT2D eigenvalue weighted by Crippen LogP contribution is -2.25. The van der Waals surface area contributed by atoms with Gasteiger partial charge in [-0.2, -0.15) is 0 Å². The van der Waals surface area contributed by atoms with Gasteiger partial charge in [-0.1, -0.05) is 31.2 Å². The highest BCUT2D eigenvalue weighted by molar-refractivity contribution is 5.97. The first-order chi connectivity index (χ1) is 9.65. The molecule has 3 N–H and O–H groups in total. The first-order valence-corrected chi connectivity index (χ1v) is 7.60. The van der Waals surface area contributed by atoms with Gasteiger partial charge >= 0.3 is 0 Å². The highest BCUT2D eigenvalue weighted by atomic mass is 16.3. The Hall–Kier alpha value is -1.19. The van der Waals surface area contributed by atoms with Crippen LogP contribution in [0.4, 0.5) is 0 Å². The van der Waals surface area contributed by atoms with E-state index in [0.717, 1.165) is 43.4 Å². The third-order valence-electron chi connectivity index (χ3n) is 4.59. The minimum Gasteiger partial charge on any atom is -0.396 e. The van der Waals surface area contributed by atoms with Crippen molar-refractivity contribution in [2.24, 2.45) is 17.6 Å². The smallest absolute Gasteiger partial charge is 0.165 e. The molecular weight excluding hydrogens is 250 g/mol. The maximum atomic E-state index is 12.5. The quantitative estimate of drug-likeness (QED) is 0.812. The Bertz CT molecular complexity index is 433. The van der Waals surface area contributed by atoms with Gasteiger partial charge in [-0.25, -0.2) is 0 Å². The molecule has 1 unspecified atom stereocenters. The lowest BCUT2D eigenvalue weighted by Gasteiger charge is -2.26. The number of hydrogen-bond acceptors (Lipinski definition) is 3. The van der Waals surface area contributed by atoms with E-state index in [1.165, 1.54) is 0 Å². The standard InChI is InChI=1S/C17H25NO2/c1-12(11-19)14-6-8-16(9-7-14)17(20)15-4-2-13(10-18)3-5-15/h6-9,12-13,15,19H,2-5,10-11,18H2,1H3. The molecule has 3 heteroatoms. The summed E-state index contributed by atoms with van der Waals surface area (Å²) >= 11 is 0. The molecule has 1 aliphatic rings. The zero-order valence-electron chi connectivity index (χ0n) is 12.2. The van der Waals surface area contributed by atoms with Crippen molar-refractivity contribution >= 4 is 5.78 Å². The number of aliphatic hydroxyl groups is 1. The maximum absolute atomic E-state index is 12.5. The molecule has 0 amide bonds. The van der Waals surface area contributed by atoms with E-state index >= 15 is 0 Å². The molecule has 0 radical (unpaired) electrons. The van der Waals surface area contributed by atoms with Gasteiger partial charge < -0.3 is 10.8 Å². The number of Topliss-reactive ketones (excluding diaryl/α,β-unsaturated/α-hetero) is 1. The van der Waals surface area contributed by atoms with Gasteiger partial charge in [0, 0.05) is 24.0 Å². The maximum Gasteiger partial charge on any atom is 0.165 e. The van der Waals surface area contributed by atoms with Crippen LogP contribution in [0, 0.1) is 11.8 Å². The SMILES string of the molecule is CC(CO)c1ccc(C(=O)C2CCC(CN)CC2)cc1. The summed E-state index contributed by atoms with van der Waals surface area (Å²) in [5.41, 5.74) is 7.57. The van der Waals surface area contributed by atoms with Crippen LogP contribution in [0.2, 0.25) is 0 Å². The van der Waals surface area contributed by atoms with Gasteiger partial charge in [0.2, 0.25) is 0 Å². The topological polar surface area (TPSA) is 63.3 Å². The van der Waals surface area contributed by atoms with Crippen LogP contribution in [0.15, 0.2) is 24.3 Å². The van der Waals surface area contributed by atoms with E-state index in [9.17, 15) is 4.79 Å². The van der Waals surface area contributed by atoms with Crippen molar-refractivity contribution in [3.63, 3.8) is 0 Å². The Morgan fingerprint density at radius 1 is 1.25 bits per heavy atom. The average molecular weight is 275 g/mol. The van der Waals surface area contributed by atoms with Crippen molar-refractivity contribution in [3.8, 4) is 0 Å². The van der Waals surface area contributed by atoms with Crippen LogP contribution in [0.1, 0.15) is 54.4 Å². The Balaban J connectivity index is 1.99. The number of carbonyl (C=O) groups is 1. The van der Waals surface area contributed by atoms with Crippen molar-refractivity contribution in [2.45, 2.75) is 38.5 Å². The van der Waals surface area contributed by atoms with Gasteiger partial charge in [0.25, 0.3) is 0 Å². The summed E-state index contributed by atoms with van der Waals surface area (Å²) in [6, 6.07) is 7.72. The number of ketones is 1. The monoisotopic (exact) mass is 275 g/mol. The molecule has 0 aliphatic heterocycles. The number of hydrogen-bond donors (Lipinski definition) is 2. The third-order valence-corrected chi connectivity index (χ3v) is 4.59. The van der Waals surface area contributed by atoms with E-state index in [-0.39, 0.29) is 24.2 Å². The fraction of sp³-hybridized carbons (Fsp3) is 0.588. The second-order valence-corrected chi connectivity index (χ2v) is 6.02. The summed E-state index contributed by atoms with van der Waals surface area (Å²) in [4.78, 5) is 12.5. The predicted molar refractivity (Wildman–Crippen MR) is 80.8 cm³/mol.